The molecule has 1 aromatic carbocycles. The van der Waals surface area contributed by atoms with E-state index >= 15 is 0 Å². The number of hydrogen-bond acceptors (Lipinski definition) is 3. The summed E-state index contributed by atoms with van der Waals surface area (Å²) in [5.74, 6) is 0.941. The fourth-order valence-corrected chi connectivity index (χ4v) is 4.76. The second-order valence-corrected chi connectivity index (χ2v) is 8.94. The summed E-state index contributed by atoms with van der Waals surface area (Å²) in [7, 11) is 0. The van der Waals surface area contributed by atoms with Crippen LogP contribution in [0.25, 0.3) is 11.1 Å². The molecule has 1 saturated heterocycles. The topological polar surface area (TPSA) is 62.3 Å². The number of pyridine rings is 1. The van der Waals surface area contributed by atoms with Crippen molar-refractivity contribution in [3.63, 3.8) is 0 Å². The van der Waals surface area contributed by atoms with E-state index in [1.165, 1.54) is 0 Å². The minimum Gasteiger partial charge on any atom is -0.356 e. The molecule has 1 saturated carbocycles. The van der Waals surface area contributed by atoms with Crippen molar-refractivity contribution >= 4 is 11.8 Å². The molecular formula is C25H31N3O2. The van der Waals surface area contributed by atoms with Gasteiger partial charge in [0, 0.05) is 37.9 Å². The van der Waals surface area contributed by atoms with Crippen LogP contribution in [0.1, 0.15) is 38.7 Å². The number of carbonyl (C=O) groups excluding carboxylic acids is 2. The second-order valence-electron chi connectivity index (χ2n) is 8.94. The molecule has 5 heteroatoms. The molecule has 0 radical (unpaired) electrons. The Morgan fingerprint density at radius 1 is 1.23 bits per heavy atom. The summed E-state index contributed by atoms with van der Waals surface area (Å²) in [5, 5.41) is 3.05. The van der Waals surface area contributed by atoms with Crippen LogP contribution >= 0.6 is 0 Å². The van der Waals surface area contributed by atoms with Crippen LogP contribution in [-0.4, -0.2) is 41.3 Å². The van der Waals surface area contributed by atoms with Gasteiger partial charge in [-0.25, -0.2) is 0 Å². The number of amides is 2. The van der Waals surface area contributed by atoms with Crippen LogP contribution < -0.4 is 5.32 Å². The highest BCUT2D eigenvalue weighted by molar-refractivity contribution is 5.86. The Balaban J connectivity index is 1.60. The van der Waals surface area contributed by atoms with E-state index in [2.05, 4.69) is 35.4 Å². The maximum atomic E-state index is 13.2. The van der Waals surface area contributed by atoms with Crippen molar-refractivity contribution in [2.45, 2.75) is 39.5 Å². The van der Waals surface area contributed by atoms with E-state index < -0.39 is 5.41 Å². The van der Waals surface area contributed by atoms with E-state index in [9.17, 15) is 9.59 Å². The van der Waals surface area contributed by atoms with Gasteiger partial charge in [0.25, 0.3) is 0 Å². The average molecular weight is 406 g/mol. The largest absolute Gasteiger partial charge is 0.356 e. The summed E-state index contributed by atoms with van der Waals surface area (Å²) < 4.78 is 0. The van der Waals surface area contributed by atoms with E-state index in [4.69, 9.17) is 0 Å². The maximum Gasteiger partial charge on any atom is 0.228 e. The number of piperidine rings is 1. The van der Waals surface area contributed by atoms with Crippen LogP contribution in [0.4, 0.5) is 0 Å². The van der Waals surface area contributed by atoms with E-state index in [1.807, 2.05) is 36.2 Å². The van der Waals surface area contributed by atoms with Crippen molar-refractivity contribution in [1.29, 1.82) is 0 Å². The standard InChI is InChI=1S/C25H31N3O2/c1-3-27-24(30)25(10-6-12-28(17-25)23(29)22-13-18(22)2)15-19-7-4-8-20(14-19)21-9-5-11-26-16-21/h4-5,7-9,11,14,16,18,22H,3,6,10,12-13,15,17H2,1-2H3,(H,27,30)/t18-,22+,25-/m0/s1. The highest BCUT2D eigenvalue weighted by Gasteiger charge is 2.47. The van der Waals surface area contributed by atoms with Crippen LogP contribution in [0.2, 0.25) is 0 Å². The zero-order valence-corrected chi connectivity index (χ0v) is 17.9. The fourth-order valence-electron chi connectivity index (χ4n) is 4.76. The molecule has 0 spiro atoms. The summed E-state index contributed by atoms with van der Waals surface area (Å²) >= 11 is 0. The van der Waals surface area contributed by atoms with Gasteiger partial charge in [0.05, 0.1) is 5.41 Å². The summed E-state index contributed by atoms with van der Waals surface area (Å²) in [5.41, 5.74) is 2.71. The van der Waals surface area contributed by atoms with Gasteiger partial charge in [-0.1, -0.05) is 37.3 Å². The van der Waals surface area contributed by atoms with E-state index in [0.29, 0.717) is 25.4 Å². The van der Waals surface area contributed by atoms with Crippen molar-refractivity contribution in [2.24, 2.45) is 17.3 Å². The van der Waals surface area contributed by atoms with Gasteiger partial charge in [-0.2, -0.15) is 0 Å². The molecule has 2 heterocycles. The van der Waals surface area contributed by atoms with Gasteiger partial charge in [-0.15, -0.1) is 0 Å². The lowest BCUT2D eigenvalue weighted by molar-refractivity contribution is -0.142. The summed E-state index contributed by atoms with van der Waals surface area (Å²) in [6.07, 6.45) is 6.92. The molecule has 4 rings (SSSR count). The number of benzene rings is 1. The Bertz CT molecular complexity index is 914. The van der Waals surface area contributed by atoms with Crippen molar-refractivity contribution in [2.75, 3.05) is 19.6 Å². The number of likely N-dealkylation sites (tertiary alicyclic amines) is 1. The minimum atomic E-state index is -0.574. The molecule has 0 bridgehead atoms. The molecule has 2 fully saturated rings. The quantitative estimate of drug-likeness (QED) is 0.797. The lowest BCUT2D eigenvalue weighted by Crippen LogP contribution is -2.54. The SMILES string of the molecule is CCNC(=O)[C@]1(Cc2cccc(-c3cccnc3)c2)CCCN(C(=O)[C@@H]2C[C@@H]2C)C1. The Morgan fingerprint density at radius 3 is 2.73 bits per heavy atom. The van der Waals surface area contributed by atoms with Crippen LogP contribution in [0.5, 0.6) is 0 Å². The zero-order chi connectivity index (χ0) is 21.1. The van der Waals surface area contributed by atoms with Gasteiger partial charge in [0.2, 0.25) is 11.8 Å². The molecule has 158 valence electrons. The van der Waals surface area contributed by atoms with Crippen LogP contribution in [0, 0.1) is 17.3 Å². The number of rotatable bonds is 6. The smallest absolute Gasteiger partial charge is 0.228 e. The Kier molecular flexibility index (Phi) is 5.89. The lowest BCUT2D eigenvalue weighted by atomic mass is 9.74. The minimum absolute atomic E-state index is 0.0677. The monoisotopic (exact) mass is 405 g/mol. The molecule has 5 nitrogen and oxygen atoms in total. The van der Waals surface area contributed by atoms with Crippen LogP contribution in [-0.2, 0) is 16.0 Å². The van der Waals surface area contributed by atoms with Gasteiger partial charge < -0.3 is 10.2 Å². The number of nitrogens with zero attached hydrogens (tertiary/aromatic N) is 2. The molecular weight excluding hydrogens is 374 g/mol. The van der Waals surface area contributed by atoms with Crippen molar-refractivity contribution in [3.8, 4) is 11.1 Å². The Labute approximate surface area is 178 Å². The van der Waals surface area contributed by atoms with Gasteiger partial charge in [0.1, 0.15) is 0 Å². The van der Waals surface area contributed by atoms with Gasteiger partial charge in [-0.3, -0.25) is 14.6 Å². The van der Waals surface area contributed by atoms with Gasteiger partial charge >= 0.3 is 0 Å². The number of aromatic nitrogens is 1. The molecule has 2 aliphatic rings. The molecule has 0 unspecified atom stereocenters. The number of hydrogen-bond donors (Lipinski definition) is 1. The molecule has 2 amide bonds. The van der Waals surface area contributed by atoms with E-state index in [0.717, 1.165) is 42.5 Å². The van der Waals surface area contributed by atoms with Crippen molar-refractivity contribution < 1.29 is 9.59 Å². The molecule has 1 aromatic heterocycles. The molecule has 1 aliphatic heterocycles. The predicted molar refractivity (Wildman–Crippen MR) is 118 cm³/mol. The Hall–Kier alpha value is -2.69. The van der Waals surface area contributed by atoms with E-state index in [-0.39, 0.29) is 17.7 Å². The lowest BCUT2D eigenvalue weighted by Gasteiger charge is -2.42. The third-order valence-corrected chi connectivity index (χ3v) is 6.60. The molecule has 30 heavy (non-hydrogen) atoms. The summed E-state index contributed by atoms with van der Waals surface area (Å²) in [6.45, 7) is 5.96. The Morgan fingerprint density at radius 2 is 2.03 bits per heavy atom. The van der Waals surface area contributed by atoms with Crippen molar-refractivity contribution in [1.82, 2.24) is 15.2 Å². The summed E-state index contributed by atoms with van der Waals surface area (Å²) in [6, 6.07) is 12.3. The third kappa shape index (κ3) is 4.25. The highest BCUT2D eigenvalue weighted by Crippen LogP contribution is 2.42. The van der Waals surface area contributed by atoms with Crippen molar-refractivity contribution in [3.05, 3.63) is 54.4 Å². The maximum absolute atomic E-state index is 13.2. The van der Waals surface area contributed by atoms with Gasteiger partial charge in [0.15, 0.2) is 0 Å². The predicted octanol–water partition coefficient (Wildman–Crippen LogP) is 3.69. The van der Waals surface area contributed by atoms with Gasteiger partial charge in [-0.05, 0) is 61.3 Å². The first-order valence-electron chi connectivity index (χ1n) is 11.1. The average Bonchev–Trinajstić information content (AvgIpc) is 3.51. The highest BCUT2D eigenvalue weighted by atomic mass is 16.2. The second kappa shape index (κ2) is 8.58. The molecule has 1 aliphatic carbocycles. The molecule has 2 aromatic rings. The molecule has 1 N–H and O–H groups in total. The molecule has 3 atom stereocenters. The first kappa shape index (κ1) is 20.6. The van der Waals surface area contributed by atoms with Crippen LogP contribution in [0.15, 0.2) is 48.8 Å². The van der Waals surface area contributed by atoms with E-state index in [1.54, 1.807) is 6.20 Å². The normalized spacial score (nSPS) is 25.6. The fraction of sp³-hybridized carbons (Fsp3) is 0.480. The number of carbonyl (C=O) groups is 2. The first-order chi connectivity index (χ1) is 14.5. The first-order valence-corrected chi connectivity index (χ1v) is 11.1. The third-order valence-electron chi connectivity index (χ3n) is 6.60. The van der Waals surface area contributed by atoms with Crippen LogP contribution in [0.3, 0.4) is 0 Å². The number of nitrogens with one attached hydrogen (secondary N) is 1. The zero-order valence-electron chi connectivity index (χ0n) is 17.9. The summed E-state index contributed by atoms with van der Waals surface area (Å²) in [4.78, 5) is 32.3.